The van der Waals surface area contributed by atoms with Crippen LogP contribution in [0.1, 0.15) is 32.6 Å². The quantitative estimate of drug-likeness (QED) is 0.212. The minimum absolute atomic E-state index is 0.561. The maximum Gasteiger partial charge on any atom is 0.263 e. The number of carbonyl (C=O) groups excluding carboxylic acids is 2. The predicted octanol–water partition coefficient (Wildman–Crippen LogP) is 0.387. The molecule has 0 unspecified atom stereocenters. The fourth-order valence-electron chi connectivity index (χ4n) is 2.27. The van der Waals surface area contributed by atoms with Crippen LogP contribution in [0.5, 0.6) is 0 Å². The SMILES string of the molecule is CCCCC/C=C/C=C/C=C/C(=O)[C@]1(O)C(=O)N[C@@H](CO)[C@@H]1O. The van der Waals surface area contributed by atoms with Crippen molar-refractivity contribution in [3.8, 4) is 0 Å². The molecule has 1 rings (SSSR count). The van der Waals surface area contributed by atoms with Crippen LogP contribution in [0, 0.1) is 0 Å². The van der Waals surface area contributed by atoms with Gasteiger partial charge in [0.1, 0.15) is 6.10 Å². The highest BCUT2D eigenvalue weighted by molar-refractivity contribution is 6.16. The van der Waals surface area contributed by atoms with E-state index >= 15 is 0 Å². The summed E-state index contributed by atoms with van der Waals surface area (Å²) < 4.78 is 0. The van der Waals surface area contributed by atoms with Gasteiger partial charge in [0.05, 0.1) is 12.6 Å². The van der Waals surface area contributed by atoms with Crippen LogP contribution in [0.2, 0.25) is 0 Å². The lowest BCUT2D eigenvalue weighted by Crippen LogP contribution is -2.52. The summed E-state index contributed by atoms with van der Waals surface area (Å²) >= 11 is 0. The molecule has 0 spiro atoms. The number of aliphatic hydroxyl groups excluding tert-OH is 2. The lowest BCUT2D eigenvalue weighted by atomic mass is 9.91. The zero-order valence-electron chi connectivity index (χ0n) is 13.3. The summed E-state index contributed by atoms with van der Waals surface area (Å²) in [5.41, 5.74) is -2.55. The first kappa shape index (κ1) is 19.3. The van der Waals surface area contributed by atoms with Gasteiger partial charge in [-0.05, 0) is 18.9 Å². The van der Waals surface area contributed by atoms with E-state index in [9.17, 15) is 19.8 Å². The van der Waals surface area contributed by atoms with Gasteiger partial charge < -0.3 is 20.6 Å². The molecular formula is C17H25NO5. The Bertz CT molecular complexity index is 497. The number of carbonyl (C=O) groups is 2. The molecule has 1 fully saturated rings. The molecule has 4 N–H and O–H groups in total. The number of hydrogen-bond acceptors (Lipinski definition) is 5. The lowest BCUT2D eigenvalue weighted by Gasteiger charge is -2.21. The summed E-state index contributed by atoms with van der Waals surface area (Å²) in [4.78, 5) is 23.6. The van der Waals surface area contributed by atoms with Crippen LogP contribution in [0.15, 0.2) is 36.5 Å². The van der Waals surface area contributed by atoms with Gasteiger partial charge in [0, 0.05) is 0 Å². The fraction of sp³-hybridized carbons (Fsp3) is 0.529. The van der Waals surface area contributed by atoms with Gasteiger partial charge in [-0.1, -0.05) is 50.1 Å². The van der Waals surface area contributed by atoms with Crippen LogP contribution >= 0.6 is 0 Å². The van der Waals surface area contributed by atoms with Gasteiger partial charge in [-0.3, -0.25) is 9.59 Å². The van der Waals surface area contributed by atoms with Crippen molar-refractivity contribution in [1.82, 2.24) is 5.32 Å². The molecule has 1 heterocycles. The summed E-state index contributed by atoms with van der Waals surface area (Å²) in [7, 11) is 0. The molecule has 1 amide bonds. The first-order valence-electron chi connectivity index (χ1n) is 7.85. The van der Waals surface area contributed by atoms with Crippen LogP contribution in [-0.2, 0) is 9.59 Å². The molecule has 0 saturated carbocycles. The van der Waals surface area contributed by atoms with Gasteiger partial charge in [-0.15, -0.1) is 0 Å². The molecule has 0 aliphatic carbocycles. The fourth-order valence-corrected chi connectivity index (χ4v) is 2.27. The Hall–Kier alpha value is -1.76. The molecule has 1 aliphatic rings. The molecule has 6 heteroatoms. The first-order valence-corrected chi connectivity index (χ1v) is 7.85. The Morgan fingerprint density at radius 1 is 1.26 bits per heavy atom. The normalized spacial score (nSPS) is 28.3. The number of hydrogen-bond donors (Lipinski definition) is 4. The van der Waals surface area contributed by atoms with E-state index in [1.165, 1.54) is 18.9 Å². The molecule has 0 radical (unpaired) electrons. The molecule has 0 aromatic heterocycles. The number of ketones is 1. The summed E-state index contributed by atoms with van der Waals surface area (Å²) in [6.07, 6.45) is 12.5. The Morgan fingerprint density at radius 2 is 1.96 bits per heavy atom. The Kier molecular flexibility index (Phi) is 7.88. The van der Waals surface area contributed by atoms with E-state index in [1.54, 1.807) is 12.2 Å². The van der Waals surface area contributed by atoms with Crippen molar-refractivity contribution in [3.05, 3.63) is 36.5 Å². The first-order chi connectivity index (χ1) is 11.0. The second-order valence-electron chi connectivity index (χ2n) is 5.51. The Labute approximate surface area is 136 Å². The minimum Gasteiger partial charge on any atom is -0.394 e. The molecule has 3 atom stereocenters. The van der Waals surface area contributed by atoms with Crippen LogP contribution in [0.3, 0.4) is 0 Å². The molecular weight excluding hydrogens is 298 g/mol. The van der Waals surface area contributed by atoms with E-state index in [0.717, 1.165) is 18.9 Å². The van der Waals surface area contributed by atoms with Crippen LogP contribution in [0.25, 0.3) is 0 Å². The van der Waals surface area contributed by atoms with Crippen molar-refractivity contribution in [3.63, 3.8) is 0 Å². The standard InChI is InChI=1S/C17H25NO5/c1-2-3-4-5-6-7-8-9-10-11-14(20)17(23)15(21)13(12-19)18-16(17)22/h6-11,13,15,19,21,23H,2-5,12H2,1H3,(H,18,22)/b7-6+,9-8+,11-10+/t13-,15-,17+/m0/s1. The van der Waals surface area contributed by atoms with Crippen LogP contribution < -0.4 is 5.32 Å². The second kappa shape index (κ2) is 9.39. The van der Waals surface area contributed by atoms with E-state index < -0.39 is 36.0 Å². The van der Waals surface area contributed by atoms with E-state index in [-0.39, 0.29) is 0 Å². The Morgan fingerprint density at radius 3 is 2.57 bits per heavy atom. The van der Waals surface area contributed by atoms with Gasteiger partial charge in [-0.25, -0.2) is 0 Å². The zero-order chi connectivity index (χ0) is 17.3. The van der Waals surface area contributed by atoms with Crippen molar-refractivity contribution >= 4 is 11.7 Å². The highest BCUT2D eigenvalue weighted by atomic mass is 16.4. The number of aliphatic hydroxyl groups is 3. The van der Waals surface area contributed by atoms with E-state index in [4.69, 9.17) is 5.11 Å². The van der Waals surface area contributed by atoms with Crippen molar-refractivity contribution in [2.75, 3.05) is 6.61 Å². The van der Waals surface area contributed by atoms with Gasteiger partial charge in [0.15, 0.2) is 5.78 Å². The van der Waals surface area contributed by atoms with Gasteiger partial charge in [-0.2, -0.15) is 0 Å². The molecule has 0 bridgehead atoms. The third-order valence-electron chi connectivity index (χ3n) is 3.74. The van der Waals surface area contributed by atoms with Crippen molar-refractivity contribution < 1.29 is 24.9 Å². The van der Waals surface area contributed by atoms with Crippen LogP contribution in [0.4, 0.5) is 0 Å². The third kappa shape index (κ3) is 4.86. The zero-order valence-corrected chi connectivity index (χ0v) is 13.3. The largest absolute Gasteiger partial charge is 0.394 e. The predicted molar refractivity (Wildman–Crippen MR) is 86.5 cm³/mol. The van der Waals surface area contributed by atoms with Crippen LogP contribution in [-0.4, -0.2) is 51.4 Å². The highest BCUT2D eigenvalue weighted by Gasteiger charge is 2.57. The smallest absolute Gasteiger partial charge is 0.263 e. The molecule has 23 heavy (non-hydrogen) atoms. The number of allylic oxidation sites excluding steroid dienone is 5. The van der Waals surface area contributed by atoms with Gasteiger partial charge in [0.2, 0.25) is 5.60 Å². The van der Waals surface area contributed by atoms with Gasteiger partial charge >= 0.3 is 0 Å². The van der Waals surface area contributed by atoms with Crippen molar-refractivity contribution in [2.45, 2.75) is 50.4 Å². The molecule has 0 aromatic rings. The summed E-state index contributed by atoms with van der Waals surface area (Å²) in [6, 6.07) is -1.05. The molecule has 6 nitrogen and oxygen atoms in total. The maximum atomic E-state index is 12.0. The summed E-state index contributed by atoms with van der Waals surface area (Å²) in [6.45, 7) is 1.58. The van der Waals surface area contributed by atoms with Gasteiger partial charge in [0.25, 0.3) is 5.91 Å². The molecule has 1 saturated heterocycles. The molecule has 128 valence electrons. The number of amides is 1. The number of nitrogens with one attached hydrogen (secondary N) is 1. The molecule has 0 aromatic carbocycles. The maximum absolute atomic E-state index is 12.0. The summed E-state index contributed by atoms with van der Waals surface area (Å²) in [5, 5.41) is 31.1. The third-order valence-corrected chi connectivity index (χ3v) is 3.74. The average molecular weight is 323 g/mol. The second-order valence-corrected chi connectivity index (χ2v) is 5.51. The van der Waals surface area contributed by atoms with E-state index in [2.05, 4.69) is 12.2 Å². The highest BCUT2D eigenvalue weighted by Crippen LogP contribution is 2.23. The minimum atomic E-state index is -2.55. The number of unbranched alkanes of at least 4 members (excludes halogenated alkanes) is 3. The monoisotopic (exact) mass is 323 g/mol. The lowest BCUT2D eigenvalue weighted by molar-refractivity contribution is -0.154. The van der Waals surface area contributed by atoms with Crippen molar-refractivity contribution in [2.24, 2.45) is 0 Å². The van der Waals surface area contributed by atoms with E-state index in [1.807, 2.05) is 12.2 Å². The van der Waals surface area contributed by atoms with E-state index in [0.29, 0.717) is 0 Å². The van der Waals surface area contributed by atoms with Crippen molar-refractivity contribution in [1.29, 1.82) is 0 Å². The summed E-state index contributed by atoms with van der Waals surface area (Å²) in [5.74, 6) is -1.92. The molecule has 1 aliphatic heterocycles. The topological polar surface area (TPSA) is 107 Å². The Balaban J connectivity index is 2.53. The average Bonchev–Trinajstić information content (AvgIpc) is 2.77. The number of rotatable bonds is 9.